The average molecular weight is 394 g/mol. The highest BCUT2D eigenvalue weighted by atomic mass is 19.4. The molecule has 2 aromatic carbocycles. The van der Waals surface area contributed by atoms with Gasteiger partial charge in [0.2, 0.25) is 11.8 Å². The van der Waals surface area contributed by atoms with Crippen molar-refractivity contribution in [3.63, 3.8) is 0 Å². The van der Waals surface area contributed by atoms with E-state index in [-0.39, 0.29) is 18.4 Å². The van der Waals surface area contributed by atoms with Crippen LogP contribution in [-0.2, 0) is 27.7 Å². The molecule has 0 spiro atoms. The lowest BCUT2D eigenvalue weighted by molar-refractivity contribution is -0.138. The molecule has 0 aliphatic carbocycles. The van der Waals surface area contributed by atoms with Crippen LogP contribution in [0.25, 0.3) is 0 Å². The third-order valence-electron chi connectivity index (χ3n) is 4.38. The van der Waals surface area contributed by atoms with Crippen LogP contribution in [0.4, 0.5) is 13.2 Å². The topological polar surface area (TPSA) is 92.4 Å². The SMILES string of the molecule is C[C@](NC(=O)C[C@@H](O)Cc1ccccc1)(C(N)=O)c1cccc(C(F)(F)F)c1. The molecule has 28 heavy (non-hydrogen) atoms. The van der Waals surface area contributed by atoms with E-state index in [1.54, 1.807) is 24.3 Å². The van der Waals surface area contributed by atoms with Crippen LogP contribution in [0.2, 0.25) is 0 Å². The number of nitrogens with two attached hydrogens (primary N) is 1. The zero-order valence-corrected chi connectivity index (χ0v) is 15.2. The summed E-state index contributed by atoms with van der Waals surface area (Å²) < 4.78 is 38.9. The van der Waals surface area contributed by atoms with E-state index in [0.29, 0.717) is 0 Å². The maximum Gasteiger partial charge on any atom is 0.416 e. The lowest BCUT2D eigenvalue weighted by Crippen LogP contribution is -2.53. The molecule has 0 aromatic heterocycles. The van der Waals surface area contributed by atoms with Gasteiger partial charge in [-0.05, 0) is 36.6 Å². The number of halogens is 3. The van der Waals surface area contributed by atoms with Gasteiger partial charge in [-0.3, -0.25) is 9.59 Å². The molecule has 0 saturated carbocycles. The van der Waals surface area contributed by atoms with Gasteiger partial charge in [0, 0.05) is 0 Å². The van der Waals surface area contributed by atoms with Crippen LogP contribution in [-0.4, -0.2) is 23.0 Å². The Morgan fingerprint density at radius 2 is 1.68 bits per heavy atom. The standard InChI is InChI=1S/C20H21F3N2O3/c1-19(18(24)28,14-8-5-9-15(11-14)20(21,22)23)25-17(27)12-16(26)10-13-6-3-2-4-7-13/h2-9,11,16,26H,10,12H2,1H3,(H2,24,28)(H,25,27)/t16-,19+/m0/s1. The number of carbonyl (C=O) groups is 2. The maximum absolute atomic E-state index is 13.0. The third kappa shape index (κ3) is 5.32. The van der Waals surface area contributed by atoms with Crippen LogP contribution in [0.15, 0.2) is 54.6 Å². The lowest BCUT2D eigenvalue weighted by atomic mass is 9.89. The molecule has 0 fully saturated rings. The van der Waals surface area contributed by atoms with Gasteiger partial charge in [-0.25, -0.2) is 0 Å². The summed E-state index contributed by atoms with van der Waals surface area (Å²) in [5.74, 6) is -1.72. The fourth-order valence-electron chi connectivity index (χ4n) is 2.78. The number of benzene rings is 2. The number of rotatable bonds is 7. The minimum Gasteiger partial charge on any atom is -0.392 e. The quantitative estimate of drug-likeness (QED) is 0.674. The van der Waals surface area contributed by atoms with Crippen LogP contribution in [0.3, 0.4) is 0 Å². The smallest absolute Gasteiger partial charge is 0.392 e. The molecule has 4 N–H and O–H groups in total. The first-order valence-electron chi connectivity index (χ1n) is 8.53. The van der Waals surface area contributed by atoms with Gasteiger partial charge < -0.3 is 16.2 Å². The normalized spacial score (nSPS) is 14.8. The van der Waals surface area contributed by atoms with Gasteiger partial charge in [0.1, 0.15) is 5.54 Å². The summed E-state index contributed by atoms with van der Waals surface area (Å²) in [6, 6.07) is 13.0. The highest BCUT2D eigenvalue weighted by Crippen LogP contribution is 2.32. The molecule has 2 atom stereocenters. The van der Waals surface area contributed by atoms with Crippen molar-refractivity contribution in [3.05, 3.63) is 71.3 Å². The Kier molecular flexibility index (Phi) is 6.45. The van der Waals surface area contributed by atoms with E-state index < -0.39 is 35.2 Å². The zero-order valence-electron chi connectivity index (χ0n) is 15.2. The summed E-state index contributed by atoms with van der Waals surface area (Å²) >= 11 is 0. The van der Waals surface area contributed by atoms with Gasteiger partial charge in [0.15, 0.2) is 0 Å². The van der Waals surface area contributed by atoms with Crippen molar-refractivity contribution in [1.82, 2.24) is 5.32 Å². The minimum absolute atomic E-state index is 0.0966. The van der Waals surface area contributed by atoms with Crippen LogP contribution in [0, 0.1) is 0 Å². The van der Waals surface area contributed by atoms with Crippen LogP contribution >= 0.6 is 0 Å². The molecule has 8 heteroatoms. The van der Waals surface area contributed by atoms with Crippen LogP contribution < -0.4 is 11.1 Å². The molecular formula is C20H21F3N2O3. The molecule has 2 aromatic rings. The van der Waals surface area contributed by atoms with E-state index in [0.717, 1.165) is 23.8 Å². The Bertz CT molecular complexity index is 840. The first-order valence-corrected chi connectivity index (χ1v) is 8.53. The van der Waals surface area contributed by atoms with E-state index in [2.05, 4.69) is 5.32 Å². The molecule has 0 bridgehead atoms. The Labute approximate surface area is 160 Å². The summed E-state index contributed by atoms with van der Waals surface area (Å²) in [6.45, 7) is 1.23. The van der Waals surface area contributed by atoms with E-state index >= 15 is 0 Å². The van der Waals surface area contributed by atoms with Crippen molar-refractivity contribution in [2.45, 2.75) is 37.6 Å². The third-order valence-corrected chi connectivity index (χ3v) is 4.38. The molecule has 0 aliphatic rings. The molecule has 5 nitrogen and oxygen atoms in total. The molecule has 0 radical (unpaired) electrons. The number of aliphatic hydroxyl groups is 1. The maximum atomic E-state index is 13.0. The van der Waals surface area contributed by atoms with Crippen molar-refractivity contribution in [2.75, 3.05) is 0 Å². The van der Waals surface area contributed by atoms with Gasteiger partial charge in [0.05, 0.1) is 18.1 Å². The molecule has 2 rings (SSSR count). The highest BCUT2D eigenvalue weighted by Gasteiger charge is 2.38. The number of carbonyl (C=O) groups excluding carboxylic acids is 2. The number of amides is 2. The lowest BCUT2D eigenvalue weighted by Gasteiger charge is -2.29. The van der Waals surface area contributed by atoms with Crippen molar-refractivity contribution in [3.8, 4) is 0 Å². The van der Waals surface area contributed by atoms with Gasteiger partial charge >= 0.3 is 6.18 Å². The molecule has 2 amide bonds. The number of primary amides is 1. The minimum atomic E-state index is -4.61. The number of alkyl halides is 3. The second-order valence-corrected chi connectivity index (χ2v) is 6.66. The van der Waals surface area contributed by atoms with Crippen molar-refractivity contribution in [2.24, 2.45) is 5.73 Å². The van der Waals surface area contributed by atoms with E-state index in [4.69, 9.17) is 5.73 Å². The Balaban J connectivity index is 2.15. The summed E-state index contributed by atoms with van der Waals surface area (Å²) in [5, 5.41) is 12.5. The van der Waals surface area contributed by atoms with Crippen molar-refractivity contribution >= 4 is 11.8 Å². The Morgan fingerprint density at radius 1 is 1.07 bits per heavy atom. The van der Waals surface area contributed by atoms with Crippen molar-refractivity contribution in [1.29, 1.82) is 0 Å². The number of hydrogen-bond donors (Lipinski definition) is 3. The molecule has 150 valence electrons. The molecule has 0 unspecified atom stereocenters. The van der Waals surface area contributed by atoms with Gasteiger partial charge in [-0.2, -0.15) is 13.2 Å². The first kappa shape index (κ1) is 21.4. The highest BCUT2D eigenvalue weighted by molar-refractivity contribution is 5.91. The Morgan fingerprint density at radius 3 is 2.25 bits per heavy atom. The first-order chi connectivity index (χ1) is 13.0. The summed E-state index contributed by atoms with van der Waals surface area (Å²) in [7, 11) is 0. The molecule has 0 saturated heterocycles. The molecule has 0 aliphatic heterocycles. The number of hydrogen-bond acceptors (Lipinski definition) is 3. The fourth-order valence-corrected chi connectivity index (χ4v) is 2.78. The summed E-state index contributed by atoms with van der Waals surface area (Å²) in [5.41, 5.74) is 3.27. The number of nitrogens with one attached hydrogen (secondary N) is 1. The second kappa shape index (κ2) is 8.43. The van der Waals surface area contributed by atoms with E-state index in [1.165, 1.54) is 13.0 Å². The fraction of sp³-hybridized carbons (Fsp3) is 0.300. The van der Waals surface area contributed by atoms with Crippen LogP contribution in [0.1, 0.15) is 30.0 Å². The Hall–Kier alpha value is -2.87. The monoisotopic (exact) mass is 394 g/mol. The number of aliphatic hydroxyl groups excluding tert-OH is 1. The van der Waals surface area contributed by atoms with Gasteiger partial charge in [-0.1, -0.05) is 42.5 Å². The summed E-state index contributed by atoms with van der Waals surface area (Å²) in [4.78, 5) is 24.3. The van der Waals surface area contributed by atoms with Crippen LogP contribution in [0.5, 0.6) is 0 Å². The van der Waals surface area contributed by atoms with Crippen molar-refractivity contribution < 1.29 is 27.9 Å². The predicted octanol–water partition coefficient (Wildman–Crippen LogP) is 2.52. The van der Waals surface area contributed by atoms with E-state index in [1.807, 2.05) is 6.07 Å². The zero-order chi connectivity index (χ0) is 20.9. The van der Waals surface area contributed by atoms with Gasteiger partial charge in [0.25, 0.3) is 0 Å². The predicted molar refractivity (Wildman–Crippen MR) is 96.9 cm³/mol. The largest absolute Gasteiger partial charge is 0.416 e. The van der Waals surface area contributed by atoms with E-state index in [9.17, 15) is 27.9 Å². The second-order valence-electron chi connectivity index (χ2n) is 6.66. The van der Waals surface area contributed by atoms with Gasteiger partial charge in [-0.15, -0.1) is 0 Å². The molecular weight excluding hydrogens is 373 g/mol. The average Bonchev–Trinajstić information content (AvgIpc) is 2.61. The summed E-state index contributed by atoms with van der Waals surface area (Å²) in [6.07, 6.45) is -5.76. The molecule has 0 heterocycles.